The van der Waals surface area contributed by atoms with Crippen LogP contribution < -0.4 is 0 Å². The van der Waals surface area contributed by atoms with Gasteiger partial charge in [0.25, 0.3) is 0 Å². The van der Waals surface area contributed by atoms with Gasteiger partial charge in [-0.25, -0.2) is 0 Å². The normalized spacial score (nSPS) is 31.5. The van der Waals surface area contributed by atoms with Crippen molar-refractivity contribution in [2.75, 3.05) is 0 Å². The molecule has 1 aliphatic carbocycles. The van der Waals surface area contributed by atoms with E-state index in [-0.39, 0.29) is 5.92 Å². The minimum atomic E-state index is -0.819. The summed E-state index contributed by atoms with van der Waals surface area (Å²) in [7, 11) is 0. The zero-order valence-electron chi connectivity index (χ0n) is 10.9. The third-order valence-electron chi connectivity index (χ3n) is 3.74. The highest BCUT2D eigenvalue weighted by Crippen LogP contribution is 2.35. The molecule has 0 unspecified atom stereocenters. The average molecular weight is 246 g/mol. The zero-order chi connectivity index (χ0) is 13.0. The monoisotopic (exact) mass is 246 g/mol. The Balaban J connectivity index is 2.12. The van der Waals surface area contributed by atoms with Gasteiger partial charge in [0.15, 0.2) is 0 Å². The summed E-state index contributed by atoms with van der Waals surface area (Å²) in [6, 6.07) is 9.98. The quantitative estimate of drug-likeness (QED) is 0.802. The Hall–Kier alpha value is -1.12. The van der Waals surface area contributed by atoms with Gasteiger partial charge in [0.1, 0.15) is 0 Å². The van der Waals surface area contributed by atoms with Crippen molar-refractivity contribution in [2.24, 2.45) is 0 Å². The van der Waals surface area contributed by atoms with Crippen LogP contribution >= 0.6 is 0 Å². The van der Waals surface area contributed by atoms with E-state index in [4.69, 9.17) is 0 Å². The highest BCUT2D eigenvalue weighted by atomic mass is 16.3. The second-order valence-electron chi connectivity index (χ2n) is 5.27. The maximum atomic E-state index is 10.4. The van der Waals surface area contributed by atoms with E-state index >= 15 is 0 Å². The molecule has 0 spiro atoms. The summed E-state index contributed by atoms with van der Waals surface area (Å²) >= 11 is 0. The first-order valence-electron chi connectivity index (χ1n) is 6.79. The van der Waals surface area contributed by atoms with Gasteiger partial charge in [-0.2, -0.15) is 0 Å². The topological polar surface area (TPSA) is 40.5 Å². The SMILES string of the molecule is CCCC[C@]1(O)C=C[C@H](c2ccccc2)[C@H](O)C1. The number of unbranched alkanes of at least 4 members (excludes halogenated alkanes) is 1. The third-order valence-corrected chi connectivity index (χ3v) is 3.74. The molecular weight excluding hydrogens is 224 g/mol. The van der Waals surface area contributed by atoms with Gasteiger partial charge in [-0.1, -0.05) is 62.2 Å². The summed E-state index contributed by atoms with van der Waals surface area (Å²) in [6.45, 7) is 2.11. The molecule has 3 atom stereocenters. The number of hydrogen-bond donors (Lipinski definition) is 2. The van der Waals surface area contributed by atoms with Crippen molar-refractivity contribution in [3.63, 3.8) is 0 Å². The summed E-state index contributed by atoms with van der Waals surface area (Å²) in [5.41, 5.74) is 0.291. The van der Waals surface area contributed by atoms with Crippen molar-refractivity contribution in [3.05, 3.63) is 48.0 Å². The van der Waals surface area contributed by atoms with E-state index in [2.05, 4.69) is 6.92 Å². The van der Waals surface area contributed by atoms with E-state index in [9.17, 15) is 10.2 Å². The predicted octanol–water partition coefficient (Wildman–Crippen LogP) is 3.01. The molecule has 0 fully saturated rings. The van der Waals surface area contributed by atoms with Crippen LogP contribution in [0, 0.1) is 0 Å². The molecule has 2 heteroatoms. The van der Waals surface area contributed by atoms with Crippen LogP contribution in [0.5, 0.6) is 0 Å². The summed E-state index contributed by atoms with van der Waals surface area (Å²) in [4.78, 5) is 0. The van der Waals surface area contributed by atoms with Crippen molar-refractivity contribution in [2.45, 2.75) is 50.2 Å². The molecule has 0 saturated carbocycles. The maximum absolute atomic E-state index is 10.4. The lowest BCUT2D eigenvalue weighted by molar-refractivity contribution is 0.00510. The molecule has 2 nitrogen and oxygen atoms in total. The van der Waals surface area contributed by atoms with E-state index < -0.39 is 11.7 Å². The smallest absolute Gasteiger partial charge is 0.0852 e. The minimum absolute atomic E-state index is 0.00750. The van der Waals surface area contributed by atoms with Gasteiger partial charge in [0.2, 0.25) is 0 Å². The molecule has 0 aromatic heterocycles. The molecule has 2 rings (SSSR count). The molecule has 1 aromatic carbocycles. The van der Waals surface area contributed by atoms with E-state index in [0.717, 1.165) is 24.8 Å². The van der Waals surface area contributed by atoms with E-state index in [0.29, 0.717) is 6.42 Å². The fraction of sp³-hybridized carbons (Fsp3) is 0.500. The van der Waals surface area contributed by atoms with Crippen LogP contribution in [-0.2, 0) is 0 Å². The molecular formula is C16H22O2. The molecule has 0 bridgehead atoms. The van der Waals surface area contributed by atoms with Gasteiger partial charge in [0.05, 0.1) is 11.7 Å². The highest BCUT2D eigenvalue weighted by Gasteiger charge is 2.34. The number of hydrogen-bond acceptors (Lipinski definition) is 2. The maximum Gasteiger partial charge on any atom is 0.0852 e. The van der Waals surface area contributed by atoms with Gasteiger partial charge in [-0.05, 0) is 12.0 Å². The molecule has 0 heterocycles. The second kappa shape index (κ2) is 5.68. The van der Waals surface area contributed by atoms with E-state index in [1.807, 2.05) is 42.5 Å². The Morgan fingerprint density at radius 3 is 2.61 bits per heavy atom. The lowest BCUT2D eigenvalue weighted by Gasteiger charge is -2.35. The highest BCUT2D eigenvalue weighted by molar-refractivity contribution is 5.28. The molecule has 98 valence electrons. The molecule has 18 heavy (non-hydrogen) atoms. The average Bonchev–Trinajstić information content (AvgIpc) is 2.38. The second-order valence-corrected chi connectivity index (χ2v) is 5.27. The number of rotatable bonds is 4. The van der Waals surface area contributed by atoms with Crippen molar-refractivity contribution in [3.8, 4) is 0 Å². The standard InChI is InChI=1S/C16H22O2/c1-2-3-10-16(18)11-9-14(15(17)12-16)13-7-5-4-6-8-13/h4-9,11,14-15,17-18H,2-3,10,12H2,1H3/t14-,15-,16+/m1/s1. The van der Waals surface area contributed by atoms with Gasteiger partial charge < -0.3 is 10.2 Å². The first-order chi connectivity index (χ1) is 8.64. The lowest BCUT2D eigenvalue weighted by atomic mass is 9.78. The number of aliphatic hydroxyl groups excluding tert-OH is 1. The van der Waals surface area contributed by atoms with Crippen LogP contribution in [-0.4, -0.2) is 21.9 Å². The van der Waals surface area contributed by atoms with Crippen molar-refractivity contribution < 1.29 is 10.2 Å². The van der Waals surface area contributed by atoms with Gasteiger partial charge >= 0.3 is 0 Å². The summed E-state index contributed by atoms with van der Waals surface area (Å²) in [6.07, 6.45) is 6.56. The largest absolute Gasteiger partial charge is 0.392 e. The summed E-state index contributed by atoms with van der Waals surface area (Å²) < 4.78 is 0. The minimum Gasteiger partial charge on any atom is -0.392 e. The Bertz CT molecular complexity index is 399. The van der Waals surface area contributed by atoms with Crippen LogP contribution in [0.1, 0.15) is 44.1 Å². The van der Waals surface area contributed by atoms with Crippen LogP contribution in [0.2, 0.25) is 0 Å². The van der Waals surface area contributed by atoms with Crippen LogP contribution in [0.3, 0.4) is 0 Å². The molecule has 0 radical (unpaired) electrons. The molecule has 1 aromatic rings. The Kier molecular flexibility index (Phi) is 4.20. The molecule has 1 aliphatic rings. The van der Waals surface area contributed by atoms with Crippen LogP contribution in [0.4, 0.5) is 0 Å². The third kappa shape index (κ3) is 3.01. The van der Waals surface area contributed by atoms with Gasteiger partial charge in [0, 0.05) is 12.3 Å². The van der Waals surface area contributed by atoms with Crippen LogP contribution in [0.25, 0.3) is 0 Å². The summed E-state index contributed by atoms with van der Waals surface area (Å²) in [5.74, 6) is 0.00750. The first-order valence-corrected chi connectivity index (χ1v) is 6.79. The van der Waals surface area contributed by atoms with Crippen molar-refractivity contribution >= 4 is 0 Å². The van der Waals surface area contributed by atoms with Gasteiger partial charge in [-0.3, -0.25) is 0 Å². The predicted molar refractivity (Wildman–Crippen MR) is 73.4 cm³/mol. The van der Waals surface area contributed by atoms with Crippen LogP contribution in [0.15, 0.2) is 42.5 Å². The van der Waals surface area contributed by atoms with E-state index in [1.165, 1.54) is 0 Å². The Labute approximate surface area is 109 Å². The number of aliphatic hydroxyl groups is 2. The fourth-order valence-corrected chi connectivity index (χ4v) is 2.65. The molecule has 0 amide bonds. The summed E-state index contributed by atoms with van der Waals surface area (Å²) in [5, 5.41) is 20.6. The van der Waals surface area contributed by atoms with Crippen molar-refractivity contribution in [1.82, 2.24) is 0 Å². The lowest BCUT2D eigenvalue weighted by Crippen LogP contribution is -2.37. The number of benzene rings is 1. The molecule has 0 saturated heterocycles. The molecule has 2 N–H and O–H groups in total. The van der Waals surface area contributed by atoms with Crippen molar-refractivity contribution in [1.29, 1.82) is 0 Å². The Morgan fingerprint density at radius 2 is 2.00 bits per heavy atom. The zero-order valence-corrected chi connectivity index (χ0v) is 10.9. The first kappa shape index (κ1) is 13.3. The molecule has 0 aliphatic heterocycles. The van der Waals surface area contributed by atoms with Gasteiger partial charge in [-0.15, -0.1) is 0 Å². The van der Waals surface area contributed by atoms with E-state index in [1.54, 1.807) is 0 Å². The Morgan fingerprint density at radius 1 is 1.28 bits per heavy atom. The fourth-order valence-electron chi connectivity index (χ4n) is 2.65.